The molecule has 0 saturated heterocycles. The summed E-state index contributed by atoms with van der Waals surface area (Å²) in [5.74, 6) is -3.77. The number of ether oxygens (including phenoxy) is 1. The molecule has 7 nitrogen and oxygen atoms in total. The maximum absolute atomic E-state index is 13.0. The van der Waals surface area contributed by atoms with Gasteiger partial charge in [-0.1, -0.05) is 20.3 Å². The Morgan fingerprint density at radius 3 is 2.21 bits per heavy atom. The topological polar surface area (TPSA) is 95.5 Å². The van der Waals surface area contributed by atoms with Crippen molar-refractivity contribution >= 4 is 15.9 Å². The average Bonchev–Trinajstić information content (AvgIpc) is 2.12. The molecule has 0 saturated carbocycles. The standard InChI is InChI=1S/C5H8BrFN2O5/c1-4(2-6)14-3-5(7,8(10)11)9(12)13/h4H,2-3H2,1H3. The summed E-state index contributed by atoms with van der Waals surface area (Å²) in [6.45, 7) is 0.287. The van der Waals surface area contributed by atoms with Gasteiger partial charge in [0, 0.05) is 5.33 Å². The maximum atomic E-state index is 13.0. The van der Waals surface area contributed by atoms with Gasteiger partial charge in [0.1, 0.15) is 9.85 Å². The van der Waals surface area contributed by atoms with Crippen molar-refractivity contribution < 1.29 is 19.0 Å². The van der Waals surface area contributed by atoms with E-state index in [1.165, 1.54) is 6.92 Å². The highest BCUT2D eigenvalue weighted by molar-refractivity contribution is 9.09. The van der Waals surface area contributed by atoms with Crippen molar-refractivity contribution in [3.05, 3.63) is 20.2 Å². The zero-order chi connectivity index (χ0) is 11.4. The zero-order valence-electron chi connectivity index (χ0n) is 7.18. The smallest absolute Gasteiger partial charge is 0.360 e. The first-order valence-electron chi connectivity index (χ1n) is 3.50. The number of hydrogen-bond donors (Lipinski definition) is 0. The Hall–Kier alpha value is -0.830. The van der Waals surface area contributed by atoms with Crippen LogP contribution in [0.2, 0.25) is 0 Å². The molecule has 0 heterocycles. The molecular formula is C5H8BrFN2O5. The molecule has 0 radical (unpaired) electrons. The lowest BCUT2D eigenvalue weighted by Crippen LogP contribution is -2.46. The van der Waals surface area contributed by atoms with Crippen LogP contribution in [0.25, 0.3) is 0 Å². The lowest BCUT2D eigenvalue weighted by atomic mass is 10.4. The highest BCUT2D eigenvalue weighted by Gasteiger charge is 2.58. The van der Waals surface area contributed by atoms with Gasteiger partial charge < -0.3 is 4.74 Å². The molecule has 1 unspecified atom stereocenters. The van der Waals surface area contributed by atoms with Crippen LogP contribution in [0.1, 0.15) is 6.92 Å². The van der Waals surface area contributed by atoms with E-state index in [9.17, 15) is 24.6 Å². The molecule has 1 atom stereocenters. The third-order valence-electron chi connectivity index (χ3n) is 1.33. The van der Waals surface area contributed by atoms with E-state index in [0.29, 0.717) is 5.33 Å². The fourth-order valence-electron chi connectivity index (χ4n) is 0.465. The minimum Gasteiger partial charge on any atom is -0.360 e. The molecule has 14 heavy (non-hydrogen) atoms. The summed E-state index contributed by atoms with van der Waals surface area (Å²) >= 11 is 2.97. The van der Waals surface area contributed by atoms with Crippen molar-refractivity contribution in [2.45, 2.75) is 18.9 Å². The summed E-state index contributed by atoms with van der Waals surface area (Å²) in [5.41, 5.74) is 0. The summed E-state index contributed by atoms with van der Waals surface area (Å²) < 4.78 is 17.6. The Labute approximate surface area is 86.7 Å². The van der Waals surface area contributed by atoms with Crippen molar-refractivity contribution in [3.63, 3.8) is 0 Å². The van der Waals surface area contributed by atoms with E-state index in [-0.39, 0.29) is 0 Å². The number of rotatable bonds is 6. The molecule has 0 aliphatic heterocycles. The van der Waals surface area contributed by atoms with E-state index in [1.807, 2.05) is 0 Å². The lowest BCUT2D eigenvalue weighted by Gasteiger charge is -2.11. The Kier molecular flexibility index (Phi) is 4.85. The van der Waals surface area contributed by atoms with Crippen molar-refractivity contribution in [1.82, 2.24) is 0 Å². The first kappa shape index (κ1) is 13.2. The number of halogens is 2. The zero-order valence-corrected chi connectivity index (χ0v) is 8.77. The summed E-state index contributed by atoms with van der Waals surface area (Å²) in [7, 11) is 0. The molecule has 9 heteroatoms. The van der Waals surface area contributed by atoms with Gasteiger partial charge in [0.2, 0.25) is 6.61 Å². The molecule has 0 aliphatic rings. The average molecular weight is 275 g/mol. The Morgan fingerprint density at radius 1 is 1.50 bits per heavy atom. The van der Waals surface area contributed by atoms with Crippen LogP contribution >= 0.6 is 15.9 Å². The van der Waals surface area contributed by atoms with Crippen LogP contribution in [-0.4, -0.2) is 33.8 Å². The highest BCUT2D eigenvalue weighted by atomic mass is 79.9. The number of alkyl halides is 2. The molecule has 0 fully saturated rings. The molecule has 0 aromatic rings. The molecule has 0 rings (SSSR count). The Bertz CT molecular complexity index is 224. The number of nitrogens with zero attached hydrogens (tertiary/aromatic N) is 2. The molecule has 82 valence electrons. The van der Waals surface area contributed by atoms with Gasteiger partial charge in [-0.3, -0.25) is 20.2 Å². The van der Waals surface area contributed by atoms with Gasteiger partial charge in [0.15, 0.2) is 0 Å². The molecule has 0 aliphatic carbocycles. The van der Waals surface area contributed by atoms with Gasteiger partial charge in [-0.2, -0.15) is 0 Å². The second-order valence-corrected chi connectivity index (χ2v) is 3.16. The minimum absolute atomic E-state index is 0.304. The molecule has 0 aromatic carbocycles. The third kappa shape index (κ3) is 3.14. The summed E-state index contributed by atoms with van der Waals surface area (Å²) in [5, 5.41) is 20.4. The van der Waals surface area contributed by atoms with Gasteiger partial charge in [0.05, 0.1) is 6.10 Å². The van der Waals surface area contributed by atoms with Gasteiger partial charge in [0.25, 0.3) is 0 Å². The van der Waals surface area contributed by atoms with Crippen LogP contribution in [0.5, 0.6) is 0 Å². The largest absolute Gasteiger partial charge is 0.637 e. The SMILES string of the molecule is CC(CBr)OCC(F)([N+](=O)[O-])[N+](=O)[O-]. The second kappa shape index (κ2) is 5.15. The quantitative estimate of drug-likeness (QED) is 0.236. The van der Waals surface area contributed by atoms with Crippen molar-refractivity contribution in [2.24, 2.45) is 0 Å². The van der Waals surface area contributed by atoms with E-state index >= 15 is 0 Å². The van der Waals surface area contributed by atoms with Crippen LogP contribution in [0.4, 0.5) is 4.39 Å². The van der Waals surface area contributed by atoms with Crippen molar-refractivity contribution in [3.8, 4) is 0 Å². The molecule has 0 amide bonds. The van der Waals surface area contributed by atoms with E-state index < -0.39 is 28.5 Å². The monoisotopic (exact) mass is 274 g/mol. The van der Waals surface area contributed by atoms with E-state index in [1.54, 1.807) is 0 Å². The first-order chi connectivity index (χ1) is 6.34. The second-order valence-electron chi connectivity index (χ2n) is 2.51. The van der Waals surface area contributed by atoms with Crippen LogP contribution < -0.4 is 0 Å². The lowest BCUT2D eigenvalue weighted by molar-refractivity contribution is -0.833. The number of nitro groups is 2. The molecule has 0 spiro atoms. The molecule has 0 N–H and O–H groups in total. The van der Waals surface area contributed by atoms with Crippen LogP contribution in [0.3, 0.4) is 0 Å². The Balaban J connectivity index is 4.40. The number of hydrogen-bond acceptors (Lipinski definition) is 5. The normalized spacial score (nSPS) is 13.6. The highest BCUT2D eigenvalue weighted by Crippen LogP contribution is 2.14. The van der Waals surface area contributed by atoms with Crippen molar-refractivity contribution in [1.29, 1.82) is 0 Å². The van der Waals surface area contributed by atoms with Gasteiger partial charge in [-0.25, -0.2) is 0 Å². The van der Waals surface area contributed by atoms with E-state index in [2.05, 4.69) is 20.7 Å². The van der Waals surface area contributed by atoms with Crippen molar-refractivity contribution in [2.75, 3.05) is 11.9 Å². The van der Waals surface area contributed by atoms with E-state index in [0.717, 1.165) is 0 Å². The summed E-state index contributed by atoms with van der Waals surface area (Å²) in [6.07, 6.45) is -0.537. The van der Waals surface area contributed by atoms with Crippen LogP contribution in [0.15, 0.2) is 0 Å². The molecular weight excluding hydrogens is 267 g/mol. The van der Waals surface area contributed by atoms with Crippen LogP contribution in [0, 0.1) is 20.2 Å². The predicted octanol–water partition coefficient (Wildman–Crippen LogP) is 0.963. The first-order valence-corrected chi connectivity index (χ1v) is 4.62. The summed E-state index contributed by atoms with van der Waals surface area (Å²) in [4.78, 5) is 16.9. The predicted molar refractivity (Wildman–Crippen MR) is 47.0 cm³/mol. The van der Waals surface area contributed by atoms with Crippen LogP contribution in [-0.2, 0) is 4.74 Å². The minimum atomic E-state index is -3.77. The maximum Gasteiger partial charge on any atom is 0.637 e. The fourth-order valence-corrected chi connectivity index (χ4v) is 0.652. The Morgan fingerprint density at radius 2 is 1.93 bits per heavy atom. The third-order valence-corrected chi connectivity index (χ3v) is 2.24. The fraction of sp³-hybridized carbons (Fsp3) is 1.00. The summed E-state index contributed by atoms with van der Waals surface area (Å²) in [6, 6.07) is 0. The van der Waals surface area contributed by atoms with E-state index in [4.69, 9.17) is 0 Å². The molecule has 0 bridgehead atoms. The van der Waals surface area contributed by atoms with Gasteiger partial charge in [-0.15, -0.1) is 0 Å². The van der Waals surface area contributed by atoms with Gasteiger partial charge >= 0.3 is 5.92 Å². The van der Waals surface area contributed by atoms with Gasteiger partial charge in [-0.05, 0) is 6.92 Å². The molecule has 0 aromatic heterocycles.